The minimum absolute atomic E-state index is 0.221. The quantitative estimate of drug-likeness (QED) is 0.168. The lowest BCUT2D eigenvalue weighted by Crippen LogP contribution is -2.59. The largest absolute Gasteiger partial charge is 0.310 e. The van der Waals surface area contributed by atoms with Crippen molar-refractivity contribution in [1.82, 2.24) is 13.7 Å². The molecule has 0 unspecified atom stereocenters. The van der Waals surface area contributed by atoms with Gasteiger partial charge in [0.25, 0.3) is 6.71 Å². The minimum Gasteiger partial charge on any atom is -0.310 e. The summed E-state index contributed by atoms with van der Waals surface area (Å²) >= 11 is 0. The molecule has 0 amide bonds. The maximum Gasteiger partial charge on any atom is 0.252 e. The molecule has 0 atom stereocenters. The van der Waals surface area contributed by atoms with E-state index in [-0.39, 0.29) is 6.71 Å². The van der Waals surface area contributed by atoms with Gasteiger partial charge in [-0.3, -0.25) is 0 Å². The number of aromatic nitrogens is 3. The number of nitriles is 2. The van der Waals surface area contributed by atoms with Gasteiger partial charge in [0, 0.05) is 54.7 Å². The van der Waals surface area contributed by atoms with Crippen molar-refractivity contribution in [2.45, 2.75) is 0 Å². The Labute approximate surface area is 355 Å². The van der Waals surface area contributed by atoms with Crippen molar-refractivity contribution in [2.24, 2.45) is 0 Å². The van der Waals surface area contributed by atoms with Crippen LogP contribution in [0.2, 0.25) is 0 Å². The second-order valence-electron chi connectivity index (χ2n) is 16.7. The fourth-order valence-electron chi connectivity index (χ4n) is 11.1. The fraction of sp³-hybridized carbons (Fsp3) is 0. The number of para-hydroxylation sites is 2. The highest BCUT2D eigenvalue weighted by Crippen LogP contribution is 2.43. The molecule has 0 saturated heterocycles. The number of nitrogens with zero attached hydrogens (tertiary/aromatic N) is 5. The van der Waals surface area contributed by atoms with Gasteiger partial charge in [0.2, 0.25) is 0 Å². The van der Waals surface area contributed by atoms with Gasteiger partial charge in [-0.1, -0.05) is 121 Å². The average Bonchev–Trinajstić information content (AvgIpc) is 3.97. The Balaban J connectivity index is 1.19. The number of hydrogen-bond acceptors (Lipinski definition) is 2. The molecule has 5 heterocycles. The molecule has 9 aromatic carbocycles. The van der Waals surface area contributed by atoms with Gasteiger partial charge in [-0.2, -0.15) is 10.5 Å². The molecule has 282 valence electrons. The lowest BCUT2D eigenvalue weighted by molar-refractivity contribution is 1.10. The van der Waals surface area contributed by atoms with Gasteiger partial charge in [-0.05, 0) is 99.3 Å². The molecule has 6 heteroatoms. The highest BCUT2D eigenvalue weighted by Gasteiger charge is 2.42. The van der Waals surface area contributed by atoms with Gasteiger partial charge in [0.05, 0.1) is 51.0 Å². The van der Waals surface area contributed by atoms with E-state index in [0.29, 0.717) is 11.1 Å². The van der Waals surface area contributed by atoms with E-state index in [1.807, 2.05) is 0 Å². The van der Waals surface area contributed by atoms with Crippen molar-refractivity contribution in [2.75, 3.05) is 0 Å². The summed E-state index contributed by atoms with van der Waals surface area (Å²) in [5.41, 5.74) is 19.1. The minimum atomic E-state index is -0.221. The second kappa shape index (κ2) is 12.0. The molecule has 0 fully saturated rings. The molecular weight excluding hydrogens is 753 g/mol. The predicted molar refractivity (Wildman–Crippen MR) is 254 cm³/mol. The van der Waals surface area contributed by atoms with E-state index in [9.17, 15) is 10.5 Å². The Morgan fingerprint density at radius 1 is 0.355 bits per heavy atom. The van der Waals surface area contributed by atoms with Gasteiger partial charge >= 0.3 is 0 Å². The van der Waals surface area contributed by atoms with Crippen LogP contribution >= 0.6 is 0 Å². The Hall–Kier alpha value is -8.58. The molecule has 5 nitrogen and oxygen atoms in total. The molecule has 3 aromatic heterocycles. The topological polar surface area (TPSA) is 62.4 Å². The van der Waals surface area contributed by atoms with Gasteiger partial charge in [-0.25, -0.2) is 0 Å². The van der Waals surface area contributed by atoms with Crippen molar-refractivity contribution >= 4 is 88.5 Å². The fourth-order valence-corrected chi connectivity index (χ4v) is 11.1. The van der Waals surface area contributed by atoms with E-state index in [0.717, 1.165) is 93.8 Å². The first-order chi connectivity index (χ1) is 30.7. The molecule has 12 aromatic rings. The molecule has 0 N–H and O–H groups in total. The van der Waals surface area contributed by atoms with Crippen molar-refractivity contribution in [1.29, 1.82) is 10.5 Å². The van der Waals surface area contributed by atoms with Crippen LogP contribution < -0.4 is 16.4 Å². The van der Waals surface area contributed by atoms with Crippen LogP contribution in [0, 0.1) is 22.7 Å². The summed E-state index contributed by atoms with van der Waals surface area (Å²) in [6.07, 6.45) is 0. The summed E-state index contributed by atoms with van der Waals surface area (Å²) in [7, 11) is 0. The molecular formula is C56H30BN5. The summed E-state index contributed by atoms with van der Waals surface area (Å²) in [6, 6.07) is 70.3. The summed E-state index contributed by atoms with van der Waals surface area (Å²) in [5, 5.41) is 27.7. The normalized spacial score (nSPS) is 12.5. The molecule has 0 spiro atoms. The van der Waals surface area contributed by atoms with Crippen molar-refractivity contribution < 1.29 is 0 Å². The van der Waals surface area contributed by atoms with Gasteiger partial charge < -0.3 is 13.7 Å². The van der Waals surface area contributed by atoms with Crippen LogP contribution in [0.5, 0.6) is 0 Å². The smallest absolute Gasteiger partial charge is 0.252 e. The molecule has 0 radical (unpaired) electrons. The summed E-state index contributed by atoms with van der Waals surface area (Å²) in [6.45, 7) is -0.221. The highest BCUT2D eigenvalue weighted by atomic mass is 15.1. The first-order valence-corrected chi connectivity index (χ1v) is 21.0. The standard InChI is InChI=1S/C56H30BN5/c58-31-33-23-44-40-15-7-9-17-48(40)61-52-29-39(30-53-54(52)57(46(25-33)55(44)61)47-26-34(32-59)24-45-41-16-8-10-18-49(41)62(53)56(45)47)60-50-27-37(35-11-3-1-4-12-35)19-21-42(50)43-22-20-38(28-51(43)60)36-13-5-2-6-14-36/h1-30H. The molecule has 0 bridgehead atoms. The summed E-state index contributed by atoms with van der Waals surface area (Å²) in [4.78, 5) is 0. The third kappa shape index (κ3) is 4.25. The number of hydrogen-bond donors (Lipinski definition) is 0. The molecule has 2 aliphatic rings. The first-order valence-electron chi connectivity index (χ1n) is 21.0. The zero-order valence-electron chi connectivity index (χ0n) is 33.1. The highest BCUT2D eigenvalue weighted by molar-refractivity contribution is 7.00. The van der Waals surface area contributed by atoms with E-state index in [4.69, 9.17) is 0 Å². The van der Waals surface area contributed by atoms with Crippen LogP contribution in [0.4, 0.5) is 0 Å². The number of rotatable bonds is 3. The van der Waals surface area contributed by atoms with Crippen LogP contribution in [-0.2, 0) is 0 Å². The van der Waals surface area contributed by atoms with E-state index >= 15 is 0 Å². The third-order valence-electron chi connectivity index (χ3n) is 13.6. The van der Waals surface area contributed by atoms with Gasteiger partial charge in [0.15, 0.2) is 0 Å². The maximum absolute atomic E-state index is 10.5. The van der Waals surface area contributed by atoms with Gasteiger partial charge in [0.1, 0.15) is 0 Å². The average molecular weight is 784 g/mol. The van der Waals surface area contributed by atoms with Crippen molar-refractivity contribution in [3.8, 4) is 51.5 Å². The molecule has 14 rings (SSSR count). The molecule has 0 saturated carbocycles. The van der Waals surface area contributed by atoms with E-state index in [1.165, 1.54) is 27.4 Å². The predicted octanol–water partition coefficient (Wildman–Crippen LogP) is 11.2. The zero-order valence-corrected chi connectivity index (χ0v) is 33.1. The summed E-state index contributed by atoms with van der Waals surface area (Å²) < 4.78 is 7.37. The van der Waals surface area contributed by atoms with Crippen LogP contribution in [0.25, 0.3) is 105 Å². The van der Waals surface area contributed by atoms with Crippen LogP contribution in [0.3, 0.4) is 0 Å². The lowest BCUT2D eigenvalue weighted by Gasteiger charge is -2.34. The molecule has 0 aliphatic carbocycles. The van der Waals surface area contributed by atoms with E-state index in [1.54, 1.807) is 0 Å². The zero-order chi connectivity index (χ0) is 40.8. The Bertz CT molecular complexity index is 3800. The van der Waals surface area contributed by atoms with Crippen LogP contribution in [0.15, 0.2) is 182 Å². The Kier molecular flexibility index (Phi) is 6.45. The molecule has 62 heavy (non-hydrogen) atoms. The van der Waals surface area contributed by atoms with Crippen molar-refractivity contribution in [3.63, 3.8) is 0 Å². The Morgan fingerprint density at radius 2 is 0.790 bits per heavy atom. The molecule has 2 aliphatic heterocycles. The van der Waals surface area contributed by atoms with E-state index < -0.39 is 0 Å². The number of fused-ring (bicyclic) bond motifs is 13. The van der Waals surface area contributed by atoms with Crippen molar-refractivity contribution in [3.05, 3.63) is 193 Å². The van der Waals surface area contributed by atoms with Crippen LogP contribution in [-0.4, -0.2) is 20.4 Å². The number of benzene rings is 9. The summed E-state index contributed by atoms with van der Waals surface area (Å²) in [5.74, 6) is 0. The first kappa shape index (κ1) is 33.3. The monoisotopic (exact) mass is 783 g/mol. The SMILES string of the molecule is N#Cc1cc2c3c(c1)c1ccccc1n3-c1cc(-n3c4cc(-c5ccccc5)ccc4c4ccc(-c5ccccc5)cc43)cc3c1B2c1cc(C#N)cc2c4ccccc4n-3c12. The van der Waals surface area contributed by atoms with Gasteiger partial charge in [-0.15, -0.1) is 0 Å². The lowest BCUT2D eigenvalue weighted by atomic mass is 9.34. The second-order valence-corrected chi connectivity index (χ2v) is 16.7. The Morgan fingerprint density at radius 3 is 1.26 bits per heavy atom. The van der Waals surface area contributed by atoms with E-state index in [2.05, 4.69) is 208 Å². The third-order valence-corrected chi connectivity index (χ3v) is 13.6. The maximum atomic E-state index is 10.5. The van der Waals surface area contributed by atoms with Crippen LogP contribution in [0.1, 0.15) is 11.1 Å².